The zero-order valence-corrected chi connectivity index (χ0v) is 16.0. The number of hydrogen-bond acceptors (Lipinski definition) is 4. The molecule has 0 fully saturated rings. The van der Waals surface area contributed by atoms with Crippen LogP contribution in [-0.4, -0.2) is 12.8 Å². The fourth-order valence-electron chi connectivity index (χ4n) is 1.79. The standard InChI is InChI=1S/C13H14ClIN2O2S2/c1-3-11-12(15)13(16-20-11)8(2)17-21(18,19)10-6-4-9(14)5-7-10/h4-8,17H,3H2,1-2H3. The van der Waals surface area contributed by atoms with Crippen molar-refractivity contribution >= 4 is 55.7 Å². The first-order valence-corrected chi connectivity index (χ1v) is 9.98. The summed E-state index contributed by atoms with van der Waals surface area (Å²) in [7, 11) is -3.59. The van der Waals surface area contributed by atoms with Gasteiger partial charge in [-0.3, -0.25) is 0 Å². The minimum atomic E-state index is -3.59. The third kappa shape index (κ3) is 3.95. The Morgan fingerprint density at radius 2 is 2.00 bits per heavy atom. The molecular weight excluding hydrogens is 443 g/mol. The molecule has 4 nitrogen and oxygen atoms in total. The van der Waals surface area contributed by atoms with Gasteiger partial charge in [0.05, 0.1) is 20.2 Å². The molecule has 1 aromatic carbocycles. The highest BCUT2D eigenvalue weighted by molar-refractivity contribution is 14.1. The van der Waals surface area contributed by atoms with Gasteiger partial charge in [0, 0.05) is 9.90 Å². The molecular formula is C13H14ClIN2O2S2. The van der Waals surface area contributed by atoms with Gasteiger partial charge in [0.25, 0.3) is 0 Å². The number of nitrogens with zero attached hydrogens (tertiary/aromatic N) is 1. The van der Waals surface area contributed by atoms with Crippen molar-refractivity contribution in [2.75, 3.05) is 0 Å². The van der Waals surface area contributed by atoms with Crippen molar-refractivity contribution in [3.8, 4) is 0 Å². The summed E-state index contributed by atoms with van der Waals surface area (Å²) in [5, 5.41) is 0.503. The molecule has 1 heterocycles. The maximum absolute atomic E-state index is 12.3. The van der Waals surface area contributed by atoms with Crippen LogP contribution in [0, 0.1) is 3.57 Å². The van der Waals surface area contributed by atoms with Crippen molar-refractivity contribution in [1.29, 1.82) is 0 Å². The second-order valence-electron chi connectivity index (χ2n) is 4.46. The molecule has 8 heteroatoms. The number of sulfonamides is 1. The van der Waals surface area contributed by atoms with E-state index >= 15 is 0 Å². The van der Waals surface area contributed by atoms with Crippen molar-refractivity contribution in [3.05, 3.63) is 43.4 Å². The monoisotopic (exact) mass is 456 g/mol. The van der Waals surface area contributed by atoms with Crippen molar-refractivity contribution < 1.29 is 8.42 Å². The maximum Gasteiger partial charge on any atom is 0.241 e. The summed E-state index contributed by atoms with van der Waals surface area (Å²) in [5.41, 5.74) is 0.773. The van der Waals surface area contributed by atoms with E-state index in [1.807, 2.05) is 0 Å². The third-order valence-electron chi connectivity index (χ3n) is 2.91. The molecule has 1 aromatic heterocycles. The van der Waals surface area contributed by atoms with Gasteiger partial charge >= 0.3 is 0 Å². The number of rotatable bonds is 5. The van der Waals surface area contributed by atoms with Crippen LogP contribution in [0.5, 0.6) is 0 Å². The van der Waals surface area contributed by atoms with E-state index < -0.39 is 10.0 Å². The Labute approximate surface area is 147 Å². The summed E-state index contributed by atoms with van der Waals surface area (Å²) in [5.74, 6) is 0. The van der Waals surface area contributed by atoms with Crippen LogP contribution in [0.3, 0.4) is 0 Å². The molecule has 0 amide bonds. The van der Waals surface area contributed by atoms with Gasteiger partial charge in [-0.05, 0) is 71.7 Å². The molecule has 114 valence electrons. The van der Waals surface area contributed by atoms with Crippen LogP contribution in [-0.2, 0) is 16.4 Å². The van der Waals surface area contributed by atoms with E-state index in [0.29, 0.717) is 5.02 Å². The fraction of sp³-hybridized carbons (Fsp3) is 0.308. The van der Waals surface area contributed by atoms with Gasteiger partial charge in [-0.25, -0.2) is 13.1 Å². The number of halogens is 2. The predicted molar refractivity (Wildman–Crippen MR) is 94.4 cm³/mol. The third-order valence-corrected chi connectivity index (χ3v) is 7.29. The van der Waals surface area contributed by atoms with Crippen molar-refractivity contribution in [2.45, 2.75) is 31.2 Å². The van der Waals surface area contributed by atoms with Gasteiger partial charge in [-0.1, -0.05) is 18.5 Å². The lowest BCUT2D eigenvalue weighted by Crippen LogP contribution is -2.27. The molecule has 0 saturated heterocycles. The molecule has 0 aliphatic rings. The van der Waals surface area contributed by atoms with Gasteiger partial charge in [-0.2, -0.15) is 4.37 Å². The molecule has 1 unspecified atom stereocenters. The summed E-state index contributed by atoms with van der Waals surface area (Å²) in [4.78, 5) is 1.36. The van der Waals surface area contributed by atoms with Crippen LogP contribution < -0.4 is 4.72 Å². The number of benzene rings is 1. The van der Waals surface area contributed by atoms with Gasteiger partial charge in [0.2, 0.25) is 10.0 Å². The largest absolute Gasteiger partial charge is 0.241 e. The first-order chi connectivity index (χ1) is 9.85. The normalized spacial score (nSPS) is 13.3. The Morgan fingerprint density at radius 1 is 1.38 bits per heavy atom. The highest BCUT2D eigenvalue weighted by atomic mass is 127. The molecule has 2 aromatic rings. The van der Waals surface area contributed by atoms with Crippen LogP contribution in [0.2, 0.25) is 5.02 Å². The molecule has 1 atom stereocenters. The van der Waals surface area contributed by atoms with E-state index in [4.69, 9.17) is 11.6 Å². The first kappa shape index (κ1) is 17.1. The average molecular weight is 457 g/mol. The minimum absolute atomic E-state index is 0.194. The SMILES string of the molecule is CCc1snc(C(C)NS(=O)(=O)c2ccc(Cl)cc2)c1I. The van der Waals surface area contributed by atoms with E-state index in [1.165, 1.54) is 28.5 Å². The lowest BCUT2D eigenvalue weighted by atomic mass is 10.2. The molecule has 0 saturated carbocycles. The molecule has 0 bridgehead atoms. The summed E-state index contributed by atoms with van der Waals surface area (Å²) in [6.07, 6.45) is 0.895. The smallest absolute Gasteiger partial charge is 0.207 e. The van der Waals surface area contributed by atoms with Crippen LogP contribution in [0.15, 0.2) is 29.2 Å². The van der Waals surface area contributed by atoms with Gasteiger partial charge in [0.1, 0.15) is 0 Å². The predicted octanol–water partition coefficient (Wildman–Crippen LogP) is 4.00. The topological polar surface area (TPSA) is 59.1 Å². The second-order valence-corrected chi connectivity index (χ2v) is 8.54. The number of nitrogens with one attached hydrogen (secondary N) is 1. The van der Waals surface area contributed by atoms with Gasteiger partial charge in [-0.15, -0.1) is 0 Å². The zero-order chi connectivity index (χ0) is 15.6. The molecule has 1 N–H and O–H groups in total. The Kier molecular flexibility index (Phi) is 5.64. The Morgan fingerprint density at radius 3 is 2.52 bits per heavy atom. The quantitative estimate of drug-likeness (QED) is 0.692. The molecule has 0 aliphatic carbocycles. The number of aromatic nitrogens is 1. The van der Waals surface area contributed by atoms with Crippen molar-refractivity contribution in [2.24, 2.45) is 0 Å². The van der Waals surface area contributed by atoms with Gasteiger partial charge in [0.15, 0.2) is 0 Å². The van der Waals surface area contributed by atoms with Crippen molar-refractivity contribution in [1.82, 2.24) is 9.10 Å². The maximum atomic E-state index is 12.3. The average Bonchev–Trinajstić information content (AvgIpc) is 2.80. The first-order valence-electron chi connectivity index (χ1n) is 6.27. The molecule has 21 heavy (non-hydrogen) atoms. The Balaban J connectivity index is 2.23. The van der Waals surface area contributed by atoms with E-state index in [-0.39, 0.29) is 10.9 Å². The summed E-state index contributed by atoms with van der Waals surface area (Å²) in [6, 6.07) is 5.71. The van der Waals surface area contributed by atoms with Crippen LogP contribution in [0.1, 0.15) is 30.5 Å². The zero-order valence-electron chi connectivity index (χ0n) is 11.4. The van der Waals surface area contributed by atoms with Crippen molar-refractivity contribution in [3.63, 3.8) is 0 Å². The van der Waals surface area contributed by atoms with Crippen LogP contribution >= 0.6 is 45.7 Å². The lowest BCUT2D eigenvalue weighted by Gasteiger charge is -2.13. The van der Waals surface area contributed by atoms with Crippen LogP contribution in [0.4, 0.5) is 0 Å². The molecule has 2 rings (SSSR count). The molecule has 0 radical (unpaired) electrons. The summed E-state index contributed by atoms with van der Waals surface area (Å²) in [6.45, 7) is 3.85. The number of aryl methyl sites for hydroxylation is 1. The van der Waals surface area contributed by atoms with Crippen LogP contribution in [0.25, 0.3) is 0 Å². The summed E-state index contributed by atoms with van der Waals surface area (Å²) >= 11 is 9.41. The van der Waals surface area contributed by atoms with E-state index in [2.05, 4.69) is 38.6 Å². The molecule has 0 spiro atoms. The molecule has 0 aliphatic heterocycles. The van der Waals surface area contributed by atoms with E-state index in [1.54, 1.807) is 19.1 Å². The highest BCUT2D eigenvalue weighted by Gasteiger charge is 2.22. The minimum Gasteiger partial charge on any atom is -0.207 e. The summed E-state index contributed by atoms with van der Waals surface area (Å²) < 4.78 is 32.7. The van der Waals surface area contributed by atoms with Gasteiger partial charge < -0.3 is 0 Å². The Bertz CT molecular complexity index is 729. The lowest BCUT2D eigenvalue weighted by molar-refractivity contribution is 0.564. The van der Waals surface area contributed by atoms with E-state index in [9.17, 15) is 8.42 Å². The fourth-order valence-corrected chi connectivity index (χ4v) is 5.32. The second kappa shape index (κ2) is 6.91. The Hall–Kier alpha value is -0.220. The number of hydrogen-bond donors (Lipinski definition) is 1. The van der Waals surface area contributed by atoms with E-state index in [0.717, 1.165) is 15.7 Å². The highest BCUT2D eigenvalue weighted by Crippen LogP contribution is 2.27.